The monoisotopic (exact) mass is 457 g/mol. The lowest BCUT2D eigenvalue weighted by Gasteiger charge is -2.32. The maximum Gasteiger partial charge on any atom is 0.224 e. The van der Waals surface area contributed by atoms with Crippen molar-refractivity contribution in [3.05, 3.63) is 77.9 Å². The fraction of sp³-hybridized carbons (Fsp3) is 0.393. The van der Waals surface area contributed by atoms with Crippen LogP contribution in [0.2, 0.25) is 0 Å². The second kappa shape index (κ2) is 11.7. The average molecular weight is 458 g/mol. The maximum atomic E-state index is 12.9. The van der Waals surface area contributed by atoms with Gasteiger partial charge in [0.25, 0.3) is 0 Å². The van der Waals surface area contributed by atoms with E-state index < -0.39 is 0 Å². The molecule has 0 bridgehead atoms. The number of carbonyl (C=O) groups excluding carboxylic acids is 1. The zero-order valence-corrected chi connectivity index (χ0v) is 20.3. The zero-order valence-electron chi connectivity index (χ0n) is 20.3. The Morgan fingerprint density at radius 2 is 1.85 bits per heavy atom. The van der Waals surface area contributed by atoms with Gasteiger partial charge in [-0.15, -0.1) is 10.2 Å². The number of hydrogen-bond donors (Lipinski definition) is 1. The van der Waals surface area contributed by atoms with E-state index >= 15 is 0 Å². The van der Waals surface area contributed by atoms with E-state index in [9.17, 15) is 4.79 Å². The Labute approximate surface area is 203 Å². The molecule has 1 fully saturated rings. The zero-order chi connectivity index (χ0) is 23.8. The first-order chi connectivity index (χ1) is 16.6. The molecule has 178 valence electrons. The largest absolute Gasteiger partial charge is 0.355 e. The van der Waals surface area contributed by atoms with Crippen LogP contribution in [0.1, 0.15) is 30.9 Å². The first-order valence-corrected chi connectivity index (χ1v) is 12.3. The van der Waals surface area contributed by atoms with E-state index in [1.165, 1.54) is 11.1 Å². The summed E-state index contributed by atoms with van der Waals surface area (Å²) in [7, 11) is 0. The molecule has 0 aliphatic carbocycles. The summed E-state index contributed by atoms with van der Waals surface area (Å²) in [5.74, 6) is 0.967. The van der Waals surface area contributed by atoms with Crippen LogP contribution in [0, 0.1) is 12.8 Å². The van der Waals surface area contributed by atoms with Gasteiger partial charge in [-0.1, -0.05) is 67.1 Å². The third kappa shape index (κ3) is 6.41. The lowest BCUT2D eigenvalue weighted by molar-refractivity contribution is -0.125. The van der Waals surface area contributed by atoms with Gasteiger partial charge in [0.15, 0.2) is 5.82 Å². The van der Waals surface area contributed by atoms with Crippen LogP contribution in [-0.4, -0.2) is 53.7 Å². The second-order valence-electron chi connectivity index (χ2n) is 9.07. The highest BCUT2D eigenvalue weighted by molar-refractivity contribution is 5.79. The number of anilines is 1. The van der Waals surface area contributed by atoms with E-state index in [4.69, 9.17) is 0 Å². The number of aryl methyl sites for hydroxylation is 1. The number of likely N-dealkylation sites (N-methyl/N-ethyl adjacent to an activating group) is 1. The van der Waals surface area contributed by atoms with E-state index in [0.717, 1.165) is 56.1 Å². The smallest absolute Gasteiger partial charge is 0.224 e. The Hall–Kier alpha value is -3.25. The SMILES string of the molecule is CCN(CCNC(=O)[C@H]1CCCN(c2ccc(-c3ccc(C)cc3)nn2)C1)Cc1ccccc1. The fourth-order valence-electron chi connectivity index (χ4n) is 4.44. The summed E-state index contributed by atoms with van der Waals surface area (Å²) in [6, 6.07) is 22.8. The number of hydrogen-bond acceptors (Lipinski definition) is 5. The second-order valence-corrected chi connectivity index (χ2v) is 9.07. The third-order valence-electron chi connectivity index (χ3n) is 6.54. The standard InChI is InChI=1S/C28H35N5O/c1-3-32(20-23-8-5-4-6-9-23)19-17-29-28(34)25-10-7-18-33(21-25)27-16-15-26(30-31-27)24-13-11-22(2)12-14-24/h4-6,8-9,11-16,25H,3,7,10,17-21H2,1-2H3,(H,29,34)/t25-/m0/s1. The predicted molar refractivity (Wildman–Crippen MR) is 138 cm³/mol. The topological polar surface area (TPSA) is 61.4 Å². The molecule has 1 aromatic heterocycles. The number of nitrogens with zero attached hydrogens (tertiary/aromatic N) is 4. The minimum Gasteiger partial charge on any atom is -0.355 e. The molecule has 3 aromatic rings. The van der Waals surface area contributed by atoms with Crippen LogP contribution in [0.3, 0.4) is 0 Å². The van der Waals surface area contributed by atoms with E-state index in [-0.39, 0.29) is 11.8 Å². The minimum absolute atomic E-state index is 0.0171. The predicted octanol–water partition coefficient (Wildman–Crippen LogP) is 4.31. The van der Waals surface area contributed by atoms with E-state index in [1.807, 2.05) is 18.2 Å². The number of carbonyl (C=O) groups is 1. The molecule has 0 radical (unpaired) electrons. The summed E-state index contributed by atoms with van der Waals surface area (Å²) in [6.45, 7) is 9.21. The Morgan fingerprint density at radius 1 is 1.06 bits per heavy atom. The number of rotatable bonds is 9. The molecule has 6 heteroatoms. The number of nitrogens with one attached hydrogen (secondary N) is 1. The summed E-state index contributed by atoms with van der Waals surface area (Å²) < 4.78 is 0. The molecule has 34 heavy (non-hydrogen) atoms. The Morgan fingerprint density at radius 3 is 2.56 bits per heavy atom. The summed E-state index contributed by atoms with van der Waals surface area (Å²) in [6.07, 6.45) is 1.90. The molecule has 0 spiro atoms. The molecule has 1 aliphatic heterocycles. The van der Waals surface area contributed by atoms with Gasteiger partial charge in [0.05, 0.1) is 11.6 Å². The maximum absolute atomic E-state index is 12.9. The van der Waals surface area contributed by atoms with Gasteiger partial charge in [0, 0.05) is 38.3 Å². The fourth-order valence-corrected chi connectivity index (χ4v) is 4.44. The van der Waals surface area contributed by atoms with Crippen LogP contribution < -0.4 is 10.2 Å². The first-order valence-electron chi connectivity index (χ1n) is 12.3. The van der Waals surface area contributed by atoms with Crippen LogP contribution in [0.15, 0.2) is 66.7 Å². The number of piperidine rings is 1. The molecular formula is C28H35N5O. The van der Waals surface area contributed by atoms with Crippen molar-refractivity contribution in [2.24, 2.45) is 5.92 Å². The first kappa shape index (κ1) is 23.9. The van der Waals surface area contributed by atoms with Crippen LogP contribution in [0.4, 0.5) is 5.82 Å². The highest BCUT2D eigenvalue weighted by atomic mass is 16.1. The van der Waals surface area contributed by atoms with E-state index in [2.05, 4.69) is 87.7 Å². The van der Waals surface area contributed by atoms with Crippen molar-refractivity contribution < 1.29 is 4.79 Å². The molecule has 0 unspecified atom stereocenters. The van der Waals surface area contributed by atoms with Gasteiger partial charge in [-0.05, 0) is 44.0 Å². The van der Waals surface area contributed by atoms with Gasteiger partial charge in [0.2, 0.25) is 5.91 Å². The van der Waals surface area contributed by atoms with Crippen molar-refractivity contribution in [3.63, 3.8) is 0 Å². The molecule has 1 aliphatic rings. The van der Waals surface area contributed by atoms with Crippen LogP contribution in [0.25, 0.3) is 11.3 Å². The molecule has 4 rings (SSSR count). The molecule has 1 atom stereocenters. The summed E-state index contributed by atoms with van der Waals surface area (Å²) in [5, 5.41) is 12.1. The molecule has 0 saturated carbocycles. The molecule has 1 amide bonds. The van der Waals surface area contributed by atoms with Crippen LogP contribution in [-0.2, 0) is 11.3 Å². The third-order valence-corrected chi connectivity index (χ3v) is 6.54. The van der Waals surface area contributed by atoms with Gasteiger partial charge in [0.1, 0.15) is 0 Å². The van der Waals surface area contributed by atoms with Crippen molar-refractivity contribution in [3.8, 4) is 11.3 Å². The molecule has 2 aromatic carbocycles. The summed E-state index contributed by atoms with van der Waals surface area (Å²) >= 11 is 0. The lowest BCUT2D eigenvalue weighted by atomic mass is 9.97. The van der Waals surface area contributed by atoms with Crippen molar-refractivity contribution in [2.45, 2.75) is 33.2 Å². The number of amides is 1. The Balaban J connectivity index is 1.27. The summed E-state index contributed by atoms with van der Waals surface area (Å²) in [4.78, 5) is 17.4. The molecular weight excluding hydrogens is 422 g/mol. The molecule has 1 N–H and O–H groups in total. The van der Waals surface area contributed by atoms with Crippen LogP contribution in [0.5, 0.6) is 0 Å². The van der Waals surface area contributed by atoms with E-state index in [1.54, 1.807) is 0 Å². The van der Waals surface area contributed by atoms with Crippen LogP contribution >= 0.6 is 0 Å². The Kier molecular flexibility index (Phi) is 8.26. The lowest BCUT2D eigenvalue weighted by Crippen LogP contribution is -2.45. The molecule has 6 nitrogen and oxygen atoms in total. The average Bonchev–Trinajstić information content (AvgIpc) is 2.89. The van der Waals surface area contributed by atoms with Crippen molar-refractivity contribution in [1.82, 2.24) is 20.4 Å². The number of benzene rings is 2. The van der Waals surface area contributed by atoms with Crippen molar-refractivity contribution in [2.75, 3.05) is 37.6 Å². The van der Waals surface area contributed by atoms with Gasteiger partial charge >= 0.3 is 0 Å². The quantitative estimate of drug-likeness (QED) is 0.519. The minimum atomic E-state index is -0.0171. The molecule has 1 saturated heterocycles. The Bertz CT molecular complexity index is 1040. The van der Waals surface area contributed by atoms with Gasteiger partial charge in [-0.25, -0.2) is 0 Å². The highest BCUT2D eigenvalue weighted by Crippen LogP contribution is 2.23. The molecule has 2 heterocycles. The summed E-state index contributed by atoms with van der Waals surface area (Å²) in [5.41, 5.74) is 4.46. The van der Waals surface area contributed by atoms with Gasteiger partial charge in [-0.3, -0.25) is 9.69 Å². The van der Waals surface area contributed by atoms with E-state index in [0.29, 0.717) is 13.1 Å². The van der Waals surface area contributed by atoms with Crippen molar-refractivity contribution >= 4 is 11.7 Å². The highest BCUT2D eigenvalue weighted by Gasteiger charge is 2.26. The van der Waals surface area contributed by atoms with Crippen molar-refractivity contribution in [1.29, 1.82) is 0 Å². The number of aromatic nitrogens is 2. The van der Waals surface area contributed by atoms with Gasteiger partial charge in [-0.2, -0.15) is 0 Å². The normalized spacial score (nSPS) is 16.0. The van der Waals surface area contributed by atoms with Gasteiger partial charge < -0.3 is 10.2 Å².